The van der Waals surface area contributed by atoms with Crippen LogP contribution in [0.3, 0.4) is 0 Å². The second-order valence-corrected chi connectivity index (χ2v) is 8.28. The lowest BCUT2D eigenvalue weighted by Crippen LogP contribution is -2.48. The number of likely N-dealkylation sites (tertiary alicyclic amines) is 1. The maximum atomic E-state index is 12.2. The molecule has 2 aliphatic heterocycles. The highest BCUT2D eigenvalue weighted by atomic mass is 16.6. The summed E-state index contributed by atoms with van der Waals surface area (Å²) in [6, 6.07) is 0. The van der Waals surface area contributed by atoms with E-state index in [1.165, 1.54) is 12.8 Å². The van der Waals surface area contributed by atoms with Gasteiger partial charge in [0.05, 0.1) is 0 Å². The number of carbonyl (C=O) groups is 2. The summed E-state index contributed by atoms with van der Waals surface area (Å²) in [7, 11) is 0. The van der Waals surface area contributed by atoms with E-state index < -0.39 is 5.60 Å². The minimum atomic E-state index is -0.453. The van der Waals surface area contributed by atoms with Crippen molar-refractivity contribution in [2.75, 3.05) is 19.6 Å². The van der Waals surface area contributed by atoms with Crippen LogP contribution in [0.2, 0.25) is 0 Å². The molecule has 0 aromatic carbocycles. The Morgan fingerprint density at radius 3 is 2.50 bits per heavy atom. The van der Waals surface area contributed by atoms with E-state index in [0.29, 0.717) is 13.1 Å². The smallest absolute Gasteiger partial charge is 0.410 e. The van der Waals surface area contributed by atoms with Gasteiger partial charge in [-0.25, -0.2) is 4.79 Å². The van der Waals surface area contributed by atoms with Gasteiger partial charge in [0.25, 0.3) is 0 Å². The van der Waals surface area contributed by atoms with Crippen LogP contribution in [0, 0.1) is 17.3 Å². The zero-order valence-corrected chi connectivity index (χ0v) is 14.0. The second-order valence-electron chi connectivity index (χ2n) is 8.28. The van der Waals surface area contributed by atoms with Crippen LogP contribution in [0.4, 0.5) is 4.79 Å². The molecule has 22 heavy (non-hydrogen) atoms. The van der Waals surface area contributed by atoms with Gasteiger partial charge in [0.2, 0.25) is 5.91 Å². The third kappa shape index (κ3) is 3.23. The molecular formula is C17H28N2O3. The molecule has 1 spiro atoms. The molecule has 2 heterocycles. The van der Waals surface area contributed by atoms with Crippen molar-refractivity contribution < 1.29 is 14.3 Å². The number of hydrogen-bond donors (Lipinski definition) is 1. The number of amides is 2. The van der Waals surface area contributed by atoms with E-state index in [4.69, 9.17) is 4.74 Å². The summed E-state index contributed by atoms with van der Waals surface area (Å²) in [5, 5.41) is 3.07. The predicted octanol–water partition coefficient (Wildman–Crippen LogP) is 2.55. The Morgan fingerprint density at radius 1 is 1.32 bits per heavy atom. The van der Waals surface area contributed by atoms with Crippen molar-refractivity contribution in [3.05, 3.63) is 0 Å². The van der Waals surface area contributed by atoms with E-state index in [0.717, 1.165) is 31.7 Å². The number of ether oxygens (including phenoxy) is 1. The third-order valence-corrected chi connectivity index (χ3v) is 5.35. The summed E-state index contributed by atoms with van der Waals surface area (Å²) < 4.78 is 5.46. The van der Waals surface area contributed by atoms with Gasteiger partial charge in [0, 0.05) is 31.0 Å². The van der Waals surface area contributed by atoms with E-state index in [1.807, 2.05) is 20.8 Å². The molecule has 3 aliphatic rings. The molecule has 5 nitrogen and oxygen atoms in total. The molecule has 1 atom stereocenters. The maximum absolute atomic E-state index is 12.2. The monoisotopic (exact) mass is 308 g/mol. The first kappa shape index (κ1) is 15.6. The minimum absolute atomic E-state index is 0.0676. The minimum Gasteiger partial charge on any atom is -0.444 e. The molecule has 0 aromatic heterocycles. The number of rotatable bonds is 2. The van der Waals surface area contributed by atoms with E-state index >= 15 is 0 Å². The molecule has 1 N–H and O–H groups in total. The molecule has 1 unspecified atom stereocenters. The van der Waals surface area contributed by atoms with Crippen molar-refractivity contribution in [2.45, 2.75) is 58.5 Å². The summed E-state index contributed by atoms with van der Waals surface area (Å²) in [4.78, 5) is 26.2. The average molecular weight is 308 g/mol. The van der Waals surface area contributed by atoms with E-state index in [1.54, 1.807) is 4.90 Å². The average Bonchev–Trinajstić information content (AvgIpc) is 3.20. The fraction of sp³-hybridized carbons (Fsp3) is 0.882. The van der Waals surface area contributed by atoms with Crippen LogP contribution >= 0.6 is 0 Å². The molecule has 2 saturated heterocycles. The van der Waals surface area contributed by atoms with Crippen LogP contribution in [0.25, 0.3) is 0 Å². The highest BCUT2D eigenvalue weighted by molar-refractivity contribution is 5.82. The first-order valence-corrected chi connectivity index (χ1v) is 8.55. The fourth-order valence-electron chi connectivity index (χ4n) is 3.82. The summed E-state index contributed by atoms with van der Waals surface area (Å²) in [5.41, 5.74) is -0.385. The van der Waals surface area contributed by atoms with Crippen LogP contribution in [-0.4, -0.2) is 42.1 Å². The molecule has 3 fully saturated rings. The lowest BCUT2D eigenvalue weighted by molar-refractivity contribution is -0.124. The third-order valence-electron chi connectivity index (χ3n) is 5.35. The summed E-state index contributed by atoms with van der Waals surface area (Å²) >= 11 is 0. The molecule has 2 amide bonds. The van der Waals surface area contributed by atoms with Gasteiger partial charge in [0.1, 0.15) is 5.60 Å². The van der Waals surface area contributed by atoms with E-state index in [-0.39, 0.29) is 23.3 Å². The van der Waals surface area contributed by atoms with Gasteiger partial charge in [-0.2, -0.15) is 0 Å². The Bertz CT molecular complexity index is 457. The largest absolute Gasteiger partial charge is 0.444 e. The topological polar surface area (TPSA) is 58.6 Å². The normalized spacial score (nSPS) is 27.9. The van der Waals surface area contributed by atoms with Gasteiger partial charge < -0.3 is 15.0 Å². The highest BCUT2D eigenvalue weighted by Crippen LogP contribution is 2.48. The summed E-state index contributed by atoms with van der Waals surface area (Å²) in [5.74, 6) is 1.15. The van der Waals surface area contributed by atoms with Crippen molar-refractivity contribution >= 4 is 12.0 Å². The lowest BCUT2D eigenvalue weighted by Gasteiger charge is -2.41. The van der Waals surface area contributed by atoms with Crippen molar-refractivity contribution in [1.82, 2.24) is 10.2 Å². The SMILES string of the molecule is CC(C)(C)OC(=O)N1CCC2(CC1)CNC(=O)C2CC1CC1. The summed E-state index contributed by atoms with van der Waals surface area (Å²) in [6.45, 7) is 7.85. The van der Waals surface area contributed by atoms with Crippen LogP contribution in [0.1, 0.15) is 52.9 Å². The van der Waals surface area contributed by atoms with Crippen LogP contribution < -0.4 is 5.32 Å². The Hall–Kier alpha value is -1.26. The van der Waals surface area contributed by atoms with Crippen LogP contribution in [0.15, 0.2) is 0 Å². The van der Waals surface area contributed by atoms with Gasteiger partial charge in [-0.05, 0) is 46.0 Å². The molecule has 0 radical (unpaired) electrons. The molecule has 0 aromatic rings. The Balaban J connectivity index is 1.60. The molecule has 1 saturated carbocycles. The van der Waals surface area contributed by atoms with Crippen molar-refractivity contribution in [3.8, 4) is 0 Å². The van der Waals surface area contributed by atoms with E-state index in [2.05, 4.69) is 5.32 Å². The van der Waals surface area contributed by atoms with Gasteiger partial charge >= 0.3 is 6.09 Å². The molecular weight excluding hydrogens is 280 g/mol. The Kier molecular flexibility index (Phi) is 3.86. The van der Waals surface area contributed by atoms with Gasteiger partial charge in [-0.15, -0.1) is 0 Å². The van der Waals surface area contributed by atoms with Crippen LogP contribution in [0.5, 0.6) is 0 Å². The molecule has 5 heteroatoms. The van der Waals surface area contributed by atoms with E-state index in [9.17, 15) is 9.59 Å². The number of hydrogen-bond acceptors (Lipinski definition) is 3. The second kappa shape index (κ2) is 5.43. The van der Waals surface area contributed by atoms with Crippen molar-refractivity contribution in [3.63, 3.8) is 0 Å². The summed E-state index contributed by atoms with van der Waals surface area (Å²) in [6.07, 6.45) is 5.19. The zero-order valence-electron chi connectivity index (χ0n) is 14.0. The van der Waals surface area contributed by atoms with Crippen molar-refractivity contribution in [1.29, 1.82) is 0 Å². The number of piperidine rings is 1. The predicted molar refractivity (Wildman–Crippen MR) is 83.3 cm³/mol. The fourth-order valence-corrected chi connectivity index (χ4v) is 3.82. The van der Waals surface area contributed by atoms with Gasteiger partial charge in [-0.3, -0.25) is 4.79 Å². The molecule has 3 rings (SSSR count). The zero-order chi connectivity index (χ0) is 16.0. The van der Waals surface area contributed by atoms with Crippen LogP contribution in [-0.2, 0) is 9.53 Å². The number of nitrogens with one attached hydrogen (secondary N) is 1. The molecule has 124 valence electrons. The lowest BCUT2D eigenvalue weighted by atomic mass is 9.69. The maximum Gasteiger partial charge on any atom is 0.410 e. The standard InChI is InChI=1S/C17H28N2O3/c1-16(2,3)22-15(21)19-8-6-17(7-9-19)11-18-14(20)13(17)10-12-4-5-12/h12-13H,4-11H2,1-3H3,(H,18,20). The van der Waals surface area contributed by atoms with Gasteiger partial charge in [0.15, 0.2) is 0 Å². The van der Waals surface area contributed by atoms with Gasteiger partial charge in [-0.1, -0.05) is 12.8 Å². The first-order valence-electron chi connectivity index (χ1n) is 8.55. The Labute approximate surface area is 132 Å². The number of nitrogens with zero attached hydrogens (tertiary/aromatic N) is 1. The Morgan fingerprint density at radius 2 is 1.95 bits per heavy atom. The number of carbonyl (C=O) groups excluding carboxylic acids is 2. The van der Waals surface area contributed by atoms with Crippen molar-refractivity contribution in [2.24, 2.45) is 17.3 Å². The molecule has 1 aliphatic carbocycles. The highest BCUT2D eigenvalue weighted by Gasteiger charge is 2.51. The quantitative estimate of drug-likeness (QED) is 0.853. The first-order chi connectivity index (χ1) is 10.3. The molecule has 0 bridgehead atoms.